The molecule has 0 aliphatic carbocycles. The van der Waals surface area contributed by atoms with Crippen molar-refractivity contribution in [2.45, 2.75) is 20.1 Å². The predicted molar refractivity (Wildman–Crippen MR) is 129 cm³/mol. The first-order chi connectivity index (χ1) is 15.0. The summed E-state index contributed by atoms with van der Waals surface area (Å²) in [6.07, 6.45) is 1.69. The fourth-order valence-electron chi connectivity index (χ4n) is 2.73. The molecule has 0 aromatic heterocycles. The molecule has 0 saturated heterocycles. The van der Waals surface area contributed by atoms with E-state index in [0.717, 1.165) is 16.7 Å². The second kappa shape index (κ2) is 11.5. The highest BCUT2D eigenvalue weighted by Crippen LogP contribution is 2.30. The molecule has 31 heavy (non-hydrogen) atoms. The normalized spacial score (nSPS) is 11.0. The topological polar surface area (TPSA) is 42.8 Å². The highest BCUT2D eigenvalue weighted by Gasteiger charge is 2.08. The molecule has 4 nitrogen and oxygen atoms in total. The number of benzene rings is 3. The third-order valence-corrected chi connectivity index (χ3v) is 5.72. The van der Waals surface area contributed by atoms with Crippen LogP contribution in [0.4, 0.5) is 0 Å². The molecule has 0 bridgehead atoms. The molecule has 3 aromatic carbocycles. The molecule has 0 radical (unpaired) electrons. The van der Waals surface area contributed by atoms with E-state index in [-0.39, 0.29) is 0 Å². The van der Waals surface area contributed by atoms with Gasteiger partial charge in [0.05, 0.1) is 29.4 Å². The van der Waals surface area contributed by atoms with Crippen LogP contribution in [0.5, 0.6) is 11.5 Å². The van der Waals surface area contributed by atoms with Crippen molar-refractivity contribution in [2.75, 3.05) is 6.61 Å². The fraction of sp³-hybridized carbons (Fsp3) is 0.174. The van der Waals surface area contributed by atoms with Gasteiger partial charge >= 0.3 is 0 Å². The van der Waals surface area contributed by atoms with E-state index < -0.39 is 0 Å². The lowest BCUT2D eigenvalue weighted by Crippen LogP contribution is -2.07. The number of hydrogen-bond acceptors (Lipinski definition) is 4. The van der Waals surface area contributed by atoms with Gasteiger partial charge < -0.3 is 14.9 Å². The first-order valence-electron chi connectivity index (χ1n) is 9.50. The highest BCUT2D eigenvalue weighted by molar-refractivity contribution is 6.42. The maximum Gasteiger partial charge on any atom is 0.161 e. The van der Waals surface area contributed by atoms with Crippen LogP contribution in [0.3, 0.4) is 0 Å². The van der Waals surface area contributed by atoms with Crippen LogP contribution < -0.4 is 14.9 Å². The van der Waals surface area contributed by atoms with Crippen molar-refractivity contribution in [3.8, 4) is 11.5 Å². The summed E-state index contributed by atoms with van der Waals surface area (Å²) in [5.41, 5.74) is 5.51. The van der Waals surface area contributed by atoms with Gasteiger partial charge in [0.15, 0.2) is 11.5 Å². The lowest BCUT2D eigenvalue weighted by molar-refractivity contribution is 0.269. The monoisotopic (exact) mass is 496 g/mol. The summed E-state index contributed by atoms with van der Waals surface area (Å²) in [5, 5.41) is 6.43. The summed E-state index contributed by atoms with van der Waals surface area (Å²) in [6, 6.07) is 16.4. The summed E-state index contributed by atoms with van der Waals surface area (Å²) in [6.45, 7) is 3.17. The van der Waals surface area contributed by atoms with Gasteiger partial charge in [-0.15, -0.1) is 0 Å². The van der Waals surface area contributed by atoms with Gasteiger partial charge in [0.2, 0.25) is 0 Å². The Morgan fingerprint density at radius 3 is 2.32 bits per heavy atom. The van der Waals surface area contributed by atoms with Crippen LogP contribution in [0.15, 0.2) is 59.7 Å². The van der Waals surface area contributed by atoms with Crippen LogP contribution in [0.1, 0.15) is 23.6 Å². The summed E-state index contributed by atoms with van der Waals surface area (Å²) in [5.74, 6) is 1.25. The first-order valence-corrected chi connectivity index (χ1v) is 11.0. The molecular weight excluding hydrogens is 478 g/mol. The molecule has 0 aliphatic heterocycles. The Morgan fingerprint density at radius 2 is 1.61 bits per heavy atom. The summed E-state index contributed by atoms with van der Waals surface area (Å²) >= 11 is 24.4. The van der Waals surface area contributed by atoms with Crippen molar-refractivity contribution < 1.29 is 9.47 Å². The average molecular weight is 498 g/mol. The molecule has 0 amide bonds. The van der Waals surface area contributed by atoms with Gasteiger partial charge in [-0.05, 0) is 60.5 Å². The second-order valence-corrected chi connectivity index (χ2v) is 8.10. The third-order valence-electron chi connectivity index (χ3n) is 4.27. The Hall–Kier alpha value is -2.11. The van der Waals surface area contributed by atoms with E-state index in [1.54, 1.807) is 36.5 Å². The van der Waals surface area contributed by atoms with Crippen molar-refractivity contribution in [1.29, 1.82) is 0 Å². The van der Waals surface area contributed by atoms with Crippen LogP contribution in [-0.2, 0) is 13.2 Å². The third kappa shape index (κ3) is 6.68. The largest absolute Gasteiger partial charge is 0.490 e. The van der Waals surface area contributed by atoms with Gasteiger partial charge in [0, 0.05) is 15.6 Å². The molecule has 0 spiro atoms. The Bertz CT molecular complexity index is 1050. The van der Waals surface area contributed by atoms with E-state index in [0.29, 0.717) is 51.3 Å². The first kappa shape index (κ1) is 23.6. The van der Waals surface area contributed by atoms with Crippen molar-refractivity contribution in [3.63, 3.8) is 0 Å². The molecule has 0 fully saturated rings. The maximum absolute atomic E-state index is 6.17. The number of nitrogens with one attached hydrogen (secondary N) is 1. The Kier molecular flexibility index (Phi) is 8.73. The number of ether oxygens (including phenoxy) is 2. The van der Waals surface area contributed by atoms with Gasteiger partial charge in [-0.1, -0.05) is 58.5 Å². The Labute approximate surface area is 201 Å². The molecule has 0 unspecified atom stereocenters. The zero-order valence-electron chi connectivity index (χ0n) is 16.7. The summed E-state index contributed by atoms with van der Waals surface area (Å²) in [7, 11) is 0. The molecule has 0 aliphatic rings. The molecule has 0 atom stereocenters. The maximum atomic E-state index is 6.17. The number of halogens is 4. The zero-order chi connectivity index (χ0) is 22.2. The summed E-state index contributed by atoms with van der Waals surface area (Å²) in [4.78, 5) is 0. The average Bonchev–Trinajstić information content (AvgIpc) is 2.75. The van der Waals surface area contributed by atoms with Crippen molar-refractivity contribution >= 4 is 52.6 Å². The number of nitrogens with zero attached hydrogens (tertiary/aromatic N) is 1. The molecule has 3 rings (SSSR count). The minimum atomic E-state index is 0.338. The lowest BCUT2D eigenvalue weighted by Gasteiger charge is -2.13. The molecular formula is C23H20Cl4N2O2. The van der Waals surface area contributed by atoms with Gasteiger partial charge in [0.1, 0.15) is 6.61 Å². The predicted octanol–water partition coefficient (Wildman–Crippen LogP) is 7.40. The fourth-order valence-corrected chi connectivity index (χ4v) is 3.58. The van der Waals surface area contributed by atoms with Crippen molar-refractivity contribution in [3.05, 3.63) is 91.4 Å². The molecule has 3 aromatic rings. The van der Waals surface area contributed by atoms with E-state index in [2.05, 4.69) is 10.5 Å². The van der Waals surface area contributed by atoms with E-state index in [4.69, 9.17) is 55.9 Å². The van der Waals surface area contributed by atoms with E-state index in [1.807, 2.05) is 31.2 Å². The minimum absolute atomic E-state index is 0.338. The lowest BCUT2D eigenvalue weighted by atomic mass is 10.2. The zero-order valence-corrected chi connectivity index (χ0v) is 19.7. The highest BCUT2D eigenvalue weighted by atomic mass is 35.5. The van der Waals surface area contributed by atoms with Crippen LogP contribution >= 0.6 is 46.4 Å². The number of rotatable bonds is 9. The standard InChI is InChI=1S/C23H20Cl4N2O2/c1-2-30-23-11-15(12-28-29-13-17-18(24)4-3-5-19(17)25)7-9-22(23)31-14-16-6-8-20(26)21(27)10-16/h3-12,29H,2,13-14H2,1H3/b28-12+. The van der Waals surface area contributed by atoms with Crippen LogP contribution in [0.2, 0.25) is 20.1 Å². The minimum Gasteiger partial charge on any atom is -0.490 e. The van der Waals surface area contributed by atoms with Crippen molar-refractivity contribution in [1.82, 2.24) is 5.43 Å². The quantitative estimate of drug-likeness (QED) is 0.247. The molecule has 162 valence electrons. The molecule has 1 N–H and O–H groups in total. The van der Waals surface area contributed by atoms with Crippen LogP contribution in [0, 0.1) is 0 Å². The van der Waals surface area contributed by atoms with E-state index in [1.165, 1.54) is 0 Å². The van der Waals surface area contributed by atoms with Gasteiger partial charge in [0.25, 0.3) is 0 Å². The second-order valence-electron chi connectivity index (χ2n) is 6.47. The molecule has 0 heterocycles. The van der Waals surface area contributed by atoms with Crippen LogP contribution in [-0.4, -0.2) is 12.8 Å². The van der Waals surface area contributed by atoms with Gasteiger partial charge in [-0.3, -0.25) is 0 Å². The number of hydrazone groups is 1. The van der Waals surface area contributed by atoms with Crippen molar-refractivity contribution in [2.24, 2.45) is 5.10 Å². The summed E-state index contributed by atoms with van der Waals surface area (Å²) < 4.78 is 11.6. The number of hydrogen-bond donors (Lipinski definition) is 1. The van der Waals surface area contributed by atoms with Gasteiger partial charge in [-0.2, -0.15) is 5.10 Å². The smallest absolute Gasteiger partial charge is 0.161 e. The molecule has 0 saturated carbocycles. The Morgan fingerprint density at radius 1 is 0.839 bits per heavy atom. The van der Waals surface area contributed by atoms with E-state index in [9.17, 15) is 0 Å². The molecule has 8 heteroatoms. The SMILES string of the molecule is CCOc1cc(/C=N/NCc2c(Cl)cccc2Cl)ccc1OCc1ccc(Cl)c(Cl)c1. The Balaban J connectivity index is 1.65. The van der Waals surface area contributed by atoms with Crippen LogP contribution in [0.25, 0.3) is 0 Å². The van der Waals surface area contributed by atoms with E-state index >= 15 is 0 Å². The van der Waals surface area contributed by atoms with Gasteiger partial charge in [-0.25, -0.2) is 0 Å².